The fourth-order valence-corrected chi connectivity index (χ4v) is 4.10. The number of rotatable bonds is 4. The molecular weight excluding hydrogens is 306 g/mol. The Morgan fingerprint density at radius 1 is 1.43 bits per heavy atom. The van der Waals surface area contributed by atoms with E-state index in [0.29, 0.717) is 24.2 Å². The summed E-state index contributed by atoms with van der Waals surface area (Å²) in [7, 11) is -1.30. The highest BCUT2D eigenvalue weighted by Gasteiger charge is 2.29. The SMILES string of the molecule is CC1CN(S(=O)(=O)Cc2cccc(C(N)=S)c2)CCN1C. The average molecular weight is 327 g/mol. The molecule has 1 aromatic rings. The first kappa shape index (κ1) is 16.4. The van der Waals surface area contributed by atoms with Crippen molar-refractivity contribution in [3.05, 3.63) is 35.4 Å². The van der Waals surface area contributed by atoms with E-state index in [1.807, 2.05) is 14.0 Å². The molecule has 0 radical (unpaired) electrons. The average Bonchev–Trinajstić information content (AvgIpc) is 2.41. The second-order valence-electron chi connectivity index (χ2n) is 5.51. The highest BCUT2D eigenvalue weighted by molar-refractivity contribution is 7.88. The van der Waals surface area contributed by atoms with Gasteiger partial charge in [0.1, 0.15) is 4.99 Å². The number of piperazine rings is 1. The Labute approximate surface area is 131 Å². The summed E-state index contributed by atoms with van der Waals surface area (Å²) in [6.45, 7) is 3.87. The maximum atomic E-state index is 12.5. The summed E-state index contributed by atoms with van der Waals surface area (Å²) in [6.07, 6.45) is 0. The predicted molar refractivity (Wildman–Crippen MR) is 88.6 cm³/mol. The fraction of sp³-hybridized carbons (Fsp3) is 0.500. The van der Waals surface area contributed by atoms with Crippen molar-refractivity contribution in [2.75, 3.05) is 26.7 Å². The van der Waals surface area contributed by atoms with Crippen LogP contribution in [0.25, 0.3) is 0 Å². The maximum Gasteiger partial charge on any atom is 0.218 e. The number of nitrogens with zero attached hydrogens (tertiary/aromatic N) is 2. The van der Waals surface area contributed by atoms with Gasteiger partial charge in [0, 0.05) is 31.2 Å². The molecule has 1 aliphatic heterocycles. The molecule has 1 atom stereocenters. The molecule has 0 saturated carbocycles. The van der Waals surface area contributed by atoms with E-state index in [0.717, 1.165) is 6.54 Å². The summed E-state index contributed by atoms with van der Waals surface area (Å²) in [5, 5.41) is 0. The van der Waals surface area contributed by atoms with Crippen molar-refractivity contribution in [1.82, 2.24) is 9.21 Å². The van der Waals surface area contributed by atoms with Crippen LogP contribution < -0.4 is 5.73 Å². The van der Waals surface area contributed by atoms with Crippen molar-refractivity contribution in [2.24, 2.45) is 5.73 Å². The van der Waals surface area contributed by atoms with E-state index in [9.17, 15) is 8.42 Å². The second-order valence-corrected chi connectivity index (χ2v) is 7.92. The van der Waals surface area contributed by atoms with Crippen LogP contribution in [0.15, 0.2) is 24.3 Å². The maximum absolute atomic E-state index is 12.5. The van der Waals surface area contributed by atoms with E-state index < -0.39 is 10.0 Å². The van der Waals surface area contributed by atoms with Crippen LogP contribution in [-0.4, -0.2) is 55.3 Å². The zero-order chi connectivity index (χ0) is 15.6. The van der Waals surface area contributed by atoms with E-state index in [4.69, 9.17) is 18.0 Å². The number of benzene rings is 1. The Balaban J connectivity index is 2.14. The third kappa shape index (κ3) is 4.00. The molecule has 116 valence electrons. The van der Waals surface area contributed by atoms with E-state index in [1.54, 1.807) is 28.6 Å². The van der Waals surface area contributed by atoms with Gasteiger partial charge in [-0.25, -0.2) is 8.42 Å². The van der Waals surface area contributed by atoms with Gasteiger partial charge in [-0.1, -0.05) is 30.4 Å². The van der Waals surface area contributed by atoms with Crippen molar-refractivity contribution in [2.45, 2.75) is 18.7 Å². The minimum atomic E-state index is -3.31. The van der Waals surface area contributed by atoms with E-state index in [-0.39, 0.29) is 16.8 Å². The van der Waals surface area contributed by atoms with Gasteiger partial charge in [0.05, 0.1) is 5.75 Å². The summed E-state index contributed by atoms with van der Waals surface area (Å²) < 4.78 is 26.6. The van der Waals surface area contributed by atoms with Gasteiger partial charge in [-0.3, -0.25) is 0 Å². The molecule has 0 spiro atoms. The van der Waals surface area contributed by atoms with Crippen LogP contribution >= 0.6 is 12.2 Å². The monoisotopic (exact) mass is 327 g/mol. The van der Waals surface area contributed by atoms with Gasteiger partial charge in [0.15, 0.2) is 0 Å². The van der Waals surface area contributed by atoms with Crippen LogP contribution in [0.1, 0.15) is 18.1 Å². The minimum absolute atomic E-state index is 0.0140. The molecule has 1 saturated heterocycles. The lowest BCUT2D eigenvalue weighted by Gasteiger charge is -2.36. The van der Waals surface area contributed by atoms with Gasteiger partial charge >= 0.3 is 0 Å². The largest absolute Gasteiger partial charge is 0.389 e. The number of hydrogen-bond acceptors (Lipinski definition) is 4. The van der Waals surface area contributed by atoms with Gasteiger partial charge in [-0.15, -0.1) is 0 Å². The van der Waals surface area contributed by atoms with Crippen molar-refractivity contribution < 1.29 is 8.42 Å². The smallest absolute Gasteiger partial charge is 0.218 e. The summed E-state index contributed by atoms with van der Waals surface area (Å²) in [5.41, 5.74) is 7.00. The van der Waals surface area contributed by atoms with E-state index in [2.05, 4.69) is 4.90 Å². The van der Waals surface area contributed by atoms with Crippen LogP contribution in [0.2, 0.25) is 0 Å². The first-order chi connectivity index (χ1) is 9.79. The van der Waals surface area contributed by atoms with Gasteiger partial charge in [-0.2, -0.15) is 4.31 Å². The first-order valence-electron chi connectivity index (χ1n) is 6.86. The molecule has 0 amide bonds. The summed E-state index contributed by atoms with van der Waals surface area (Å²) >= 11 is 4.93. The predicted octanol–water partition coefficient (Wildman–Crippen LogP) is 0.787. The Bertz CT molecular complexity index is 631. The molecule has 1 fully saturated rings. The highest BCUT2D eigenvalue weighted by Crippen LogP contribution is 2.16. The van der Waals surface area contributed by atoms with Gasteiger partial charge in [0.25, 0.3) is 0 Å². The van der Waals surface area contributed by atoms with Crippen LogP contribution in [0.5, 0.6) is 0 Å². The molecule has 21 heavy (non-hydrogen) atoms. The Hall–Kier alpha value is -1.02. The summed E-state index contributed by atoms with van der Waals surface area (Å²) in [6, 6.07) is 7.34. The lowest BCUT2D eigenvalue weighted by atomic mass is 10.1. The molecule has 1 aromatic carbocycles. The van der Waals surface area contributed by atoms with Crippen LogP contribution in [0.3, 0.4) is 0 Å². The lowest BCUT2D eigenvalue weighted by Crippen LogP contribution is -2.52. The van der Waals surface area contributed by atoms with E-state index >= 15 is 0 Å². The fourth-order valence-electron chi connectivity index (χ4n) is 2.38. The van der Waals surface area contributed by atoms with Crippen molar-refractivity contribution in [3.8, 4) is 0 Å². The van der Waals surface area contributed by atoms with Gasteiger partial charge < -0.3 is 10.6 Å². The molecular formula is C14H21N3O2S2. The molecule has 7 heteroatoms. The van der Waals surface area contributed by atoms with Gasteiger partial charge in [0.2, 0.25) is 10.0 Å². The number of thiocarbonyl (C=S) groups is 1. The molecule has 2 rings (SSSR count). The molecule has 1 heterocycles. The van der Waals surface area contributed by atoms with Gasteiger partial charge in [-0.05, 0) is 25.6 Å². The summed E-state index contributed by atoms with van der Waals surface area (Å²) in [5.74, 6) is -0.0140. The normalized spacial score (nSPS) is 21.3. The van der Waals surface area contributed by atoms with Crippen molar-refractivity contribution in [1.29, 1.82) is 0 Å². The van der Waals surface area contributed by atoms with Crippen LogP contribution in [0, 0.1) is 0 Å². The highest BCUT2D eigenvalue weighted by atomic mass is 32.2. The Morgan fingerprint density at radius 2 is 2.14 bits per heavy atom. The molecule has 1 unspecified atom stereocenters. The molecule has 1 aliphatic rings. The molecule has 0 aromatic heterocycles. The Kier molecular flexibility index (Phi) is 4.98. The van der Waals surface area contributed by atoms with Crippen molar-refractivity contribution in [3.63, 3.8) is 0 Å². The zero-order valence-electron chi connectivity index (χ0n) is 12.3. The molecule has 0 aliphatic carbocycles. The number of hydrogen-bond donors (Lipinski definition) is 1. The summed E-state index contributed by atoms with van der Waals surface area (Å²) in [4.78, 5) is 2.45. The number of nitrogens with two attached hydrogens (primary N) is 1. The quantitative estimate of drug-likeness (QED) is 0.828. The third-order valence-corrected chi connectivity index (χ3v) is 5.93. The standard InChI is InChI=1S/C14H21N3O2S2/c1-11-9-17(7-6-16(11)2)21(18,19)10-12-4-3-5-13(8-12)14(15)20/h3-5,8,11H,6-7,9-10H2,1-2H3,(H2,15,20). The topological polar surface area (TPSA) is 66.6 Å². The lowest BCUT2D eigenvalue weighted by molar-refractivity contribution is 0.159. The number of likely N-dealkylation sites (N-methyl/N-ethyl adjacent to an activating group) is 1. The number of sulfonamides is 1. The van der Waals surface area contributed by atoms with Crippen LogP contribution in [-0.2, 0) is 15.8 Å². The van der Waals surface area contributed by atoms with E-state index in [1.165, 1.54) is 0 Å². The zero-order valence-corrected chi connectivity index (χ0v) is 14.0. The van der Waals surface area contributed by atoms with Crippen LogP contribution in [0.4, 0.5) is 0 Å². The minimum Gasteiger partial charge on any atom is -0.389 e. The first-order valence-corrected chi connectivity index (χ1v) is 8.88. The Morgan fingerprint density at radius 3 is 2.76 bits per heavy atom. The molecule has 5 nitrogen and oxygen atoms in total. The third-order valence-electron chi connectivity index (χ3n) is 3.88. The van der Waals surface area contributed by atoms with Crippen molar-refractivity contribution >= 4 is 27.2 Å². The molecule has 0 bridgehead atoms. The second kappa shape index (κ2) is 6.39. The molecule has 2 N–H and O–H groups in total.